The lowest BCUT2D eigenvalue weighted by Crippen LogP contribution is -2.31. The van der Waals surface area contributed by atoms with E-state index >= 15 is 0 Å². The fraction of sp³-hybridized carbons (Fsp3) is 0.682. The number of rotatable bonds is 7. The molecule has 5 atom stereocenters. The van der Waals surface area contributed by atoms with Gasteiger partial charge in [0.1, 0.15) is 17.9 Å². The summed E-state index contributed by atoms with van der Waals surface area (Å²) < 4.78 is 39.7. The van der Waals surface area contributed by atoms with Crippen LogP contribution in [0.15, 0.2) is 24.5 Å². The Hall–Kier alpha value is -1.84. The first-order valence-electron chi connectivity index (χ1n) is 11.4. The minimum atomic E-state index is -3.43. The summed E-state index contributed by atoms with van der Waals surface area (Å²) in [6.45, 7) is 11.2. The van der Waals surface area contributed by atoms with Crippen molar-refractivity contribution in [3.05, 3.63) is 24.5 Å². The summed E-state index contributed by atoms with van der Waals surface area (Å²) in [6, 6.07) is -0.0582. The van der Waals surface area contributed by atoms with Crippen molar-refractivity contribution in [1.82, 2.24) is 19.5 Å². The second-order valence-corrected chi connectivity index (χ2v) is 12.0. The first kappa shape index (κ1) is 22.9. The van der Waals surface area contributed by atoms with E-state index in [9.17, 15) is 4.57 Å². The van der Waals surface area contributed by atoms with Crippen molar-refractivity contribution in [2.75, 3.05) is 5.73 Å². The van der Waals surface area contributed by atoms with E-state index in [1.807, 2.05) is 52.2 Å². The van der Waals surface area contributed by atoms with Gasteiger partial charge in [-0.05, 0) is 53.9 Å². The number of anilines is 1. The smallest absolute Gasteiger partial charge is 0.354 e. The van der Waals surface area contributed by atoms with Crippen LogP contribution in [0.5, 0.6) is 0 Å². The minimum Gasteiger partial charge on any atom is -0.382 e. The maximum Gasteiger partial charge on any atom is 0.354 e. The van der Waals surface area contributed by atoms with Crippen LogP contribution in [0.1, 0.15) is 54.0 Å². The Balaban J connectivity index is 1.52. The lowest BCUT2D eigenvalue weighted by Gasteiger charge is -2.24. The van der Waals surface area contributed by atoms with E-state index in [0.29, 0.717) is 17.0 Å². The van der Waals surface area contributed by atoms with Crippen LogP contribution in [0.3, 0.4) is 0 Å². The molecule has 0 amide bonds. The maximum atomic E-state index is 13.4. The van der Waals surface area contributed by atoms with Gasteiger partial charge in [-0.2, -0.15) is 0 Å². The number of imidazole rings is 1. The number of nitrogen functional groups attached to an aromatic ring is 1. The van der Waals surface area contributed by atoms with Gasteiger partial charge >= 0.3 is 7.60 Å². The Kier molecular flexibility index (Phi) is 5.27. The van der Waals surface area contributed by atoms with Gasteiger partial charge in [-0.15, -0.1) is 0 Å². The monoisotopic (exact) mass is 477 g/mol. The molecule has 1 saturated heterocycles. The van der Waals surface area contributed by atoms with Crippen LogP contribution in [0.25, 0.3) is 11.2 Å². The van der Waals surface area contributed by atoms with Crippen LogP contribution >= 0.6 is 7.60 Å². The van der Waals surface area contributed by atoms with Crippen molar-refractivity contribution in [2.24, 2.45) is 11.3 Å². The fourth-order valence-electron chi connectivity index (χ4n) is 5.41. The van der Waals surface area contributed by atoms with Crippen molar-refractivity contribution in [3.8, 4) is 0 Å². The molecule has 0 unspecified atom stereocenters. The zero-order chi connectivity index (χ0) is 23.8. The lowest BCUT2D eigenvalue weighted by molar-refractivity contribution is -0.159. The van der Waals surface area contributed by atoms with Crippen LogP contribution < -0.4 is 5.73 Å². The van der Waals surface area contributed by atoms with E-state index in [1.165, 1.54) is 6.33 Å². The quantitative estimate of drug-likeness (QED) is 0.588. The van der Waals surface area contributed by atoms with Gasteiger partial charge in [-0.25, -0.2) is 15.0 Å². The molecule has 3 heterocycles. The summed E-state index contributed by atoms with van der Waals surface area (Å²) in [6.07, 6.45) is 5.15. The first-order valence-corrected chi connectivity index (χ1v) is 13.0. The van der Waals surface area contributed by atoms with Crippen LogP contribution in [-0.2, 0) is 23.1 Å². The van der Waals surface area contributed by atoms with Crippen LogP contribution in [-0.4, -0.2) is 49.7 Å². The number of hydrogen-bond acceptors (Lipinski definition) is 9. The van der Waals surface area contributed by atoms with E-state index in [2.05, 4.69) is 15.0 Å². The fourth-order valence-corrected chi connectivity index (χ4v) is 7.24. The maximum absolute atomic E-state index is 13.4. The highest BCUT2D eigenvalue weighted by Crippen LogP contribution is 2.73. The molecule has 180 valence electrons. The van der Waals surface area contributed by atoms with Crippen molar-refractivity contribution >= 4 is 24.6 Å². The predicted molar refractivity (Wildman–Crippen MR) is 122 cm³/mol. The topological polar surface area (TPSA) is 124 Å². The van der Waals surface area contributed by atoms with E-state index in [0.717, 1.165) is 6.42 Å². The van der Waals surface area contributed by atoms with Crippen molar-refractivity contribution < 1.29 is 23.1 Å². The summed E-state index contributed by atoms with van der Waals surface area (Å²) in [5, 5.41) is 0. The molecule has 3 aliphatic rings. The molecule has 0 aromatic carbocycles. The molecule has 2 N–H and O–H groups in total. The Morgan fingerprint density at radius 2 is 1.88 bits per heavy atom. The van der Waals surface area contributed by atoms with E-state index < -0.39 is 13.4 Å². The molecule has 11 heteroatoms. The molecule has 10 nitrogen and oxygen atoms in total. The van der Waals surface area contributed by atoms with E-state index in [4.69, 9.17) is 24.3 Å². The summed E-state index contributed by atoms with van der Waals surface area (Å²) in [4.78, 5) is 12.9. The zero-order valence-corrected chi connectivity index (χ0v) is 20.7. The molecular weight excluding hydrogens is 445 g/mol. The first-order chi connectivity index (χ1) is 15.4. The van der Waals surface area contributed by atoms with E-state index in [-0.39, 0.29) is 41.8 Å². The Bertz CT molecular complexity index is 1130. The molecule has 2 aliphatic carbocycles. The number of nitrogens with zero attached hydrogens (tertiary/aromatic N) is 4. The second kappa shape index (κ2) is 7.58. The van der Waals surface area contributed by atoms with Gasteiger partial charge < -0.3 is 28.8 Å². The van der Waals surface area contributed by atoms with Crippen LogP contribution in [0.4, 0.5) is 5.82 Å². The number of aromatic nitrogens is 4. The summed E-state index contributed by atoms with van der Waals surface area (Å²) in [5.74, 6) is 1.42. The van der Waals surface area contributed by atoms with E-state index in [1.54, 1.807) is 12.1 Å². The van der Waals surface area contributed by atoms with Crippen molar-refractivity contribution in [3.63, 3.8) is 0 Å². The second-order valence-electron chi connectivity index (χ2n) is 10.2. The van der Waals surface area contributed by atoms with Gasteiger partial charge in [0.2, 0.25) is 0 Å². The standard InChI is InChI=1S/C22H32N5O5P/c1-12(2)31-33(28,32-13(3)4)8-7-22-9-14(22)16(17-18(22)30-21(5,6)29-17)27-11-26-15-19(23)24-10-25-20(15)27/h7-8,10-14,16-18H,9H2,1-6H3,(H2,23,24,25)/t14-,16-,17+,18+,22+/m1/s1. The third-order valence-corrected chi connectivity index (χ3v) is 8.45. The summed E-state index contributed by atoms with van der Waals surface area (Å²) in [5.41, 5.74) is 6.91. The van der Waals surface area contributed by atoms with Gasteiger partial charge in [0, 0.05) is 11.2 Å². The molecule has 3 fully saturated rings. The number of hydrogen-bond donors (Lipinski definition) is 1. The largest absolute Gasteiger partial charge is 0.382 e. The minimum absolute atomic E-state index is 0.0582. The number of ether oxygens (including phenoxy) is 2. The Morgan fingerprint density at radius 3 is 2.55 bits per heavy atom. The number of fused-ring (bicyclic) bond motifs is 4. The van der Waals surface area contributed by atoms with Gasteiger partial charge in [-0.3, -0.25) is 4.57 Å². The SMILES string of the molecule is CC(C)OP(=O)(C=C[C@]12C[C@@H]1[C@@H](n1cnc3c(N)ncnc31)[C@@H]1OC(C)(C)O[C@@H]12)OC(C)C. The third kappa shape index (κ3) is 3.82. The molecule has 2 aromatic heterocycles. The molecule has 2 saturated carbocycles. The van der Waals surface area contributed by atoms with Crippen LogP contribution in [0, 0.1) is 11.3 Å². The molecule has 0 spiro atoms. The third-order valence-electron chi connectivity index (χ3n) is 6.50. The van der Waals surface area contributed by atoms with Crippen molar-refractivity contribution in [1.29, 1.82) is 0 Å². The van der Waals surface area contributed by atoms with Crippen molar-refractivity contribution in [2.45, 2.75) is 84.2 Å². The predicted octanol–water partition coefficient (Wildman–Crippen LogP) is 4.05. The average Bonchev–Trinajstić information content (AvgIpc) is 2.95. The Morgan fingerprint density at radius 1 is 1.18 bits per heavy atom. The highest BCUT2D eigenvalue weighted by Gasteiger charge is 2.75. The number of nitrogens with two attached hydrogens (primary N) is 1. The molecule has 0 bridgehead atoms. The lowest BCUT2D eigenvalue weighted by atomic mass is 9.99. The highest BCUT2D eigenvalue weighted by molar-refractivity contribution is 7.57. The normalized spacial score (nSPS) is 32.8. The molecule has 1 aliphatic heterocycles. The van der Waals surface area contributed by atoms with Gasteiger partial charge in [-0.1, -0.05) is 6.08 Å². The zero-order valence-electron chi connectivity index (χ0n) is 19.8. The average molecular weight is 478 g/mol. The highest BCUT2D eigenvalue weighted by atomic mass is 31.2. The molecule has 2 aromatic rings. The Labute approximate surface area is 193 Å². The van der Waals surface area contributed by atoms with Crippen LogP contribution in [0.2, 0.25) is 0 Å². The summed E-state index contributed by atoms with van der Waals surface area (Å²) in [7, 11) is -3.43. The van der Waals surface area contributed by atoms with Gasteiger partial charge in [0.15, 0.2) is 17.3 Å². The molecule has 0 radical (unpaired) electrons. The van der Waals surface area contributed by atoms with Gasteiger partial charge in [0.05, 0.1) is 30.7 Å². The molecular formula is C22H32N5O5P. The molecule has 5 rings (SSSR count). The molecule has 33 heavy (non-hydrogen) atoms. The van der Waals surface area contributed by atoms with Gasteiger partial charge in [0.25, 0.3) is 0 Å². The summed E-state index contributed by atoms with van der Waals surface area (Å²) >= 11 is 0.